The molecule has 0 saturated heterocycles. The van der Waals surface area contributed by atoms with Gasteiger partial charge in [-0.1, -0.05) is 17.7 Å². The fourth-order valence-corrected chi connectivity index (χ4v) is 4.08. The van der Waals surface area contributed by atoms with Crippen LogP contribution in [-0.4, -0.2) is 54.4 Å². The Bertz CT molecular complexity index is 1170. The zero-order valence-electron chi connectivity index (χ0n) is 19.3. The Kier molecular flexibility index (Phi) is 5.85. The summed E-state index contributed by atoms with van der Waals surface area (Å²) in [5, 5.41) is 6.57. The zero-order valence-corrected chi connectivity index (χ0v) is 19.3. The van der Waals surface area contributed by atoms with Crippen LogP contribution in [0.25, 0.3) is 6.08 Å². The Labute approximate surface area is 193 Å². The molecule has 3 aliphatic rings. The lowest BCUT2D eigenvalue weighted by atomic mass is 10.1. The van der Waals surface area contributed by atoms with E-state index >= 15 is 4.39 Å². The van der Waals surface area contributed by atoms with Crippen molar-refractivity contribution in [2.45, 2.75) is 26.2 Å². The van der Waals surface area contributed by atoms with Crippen LogP contribution in [-0.2, 0) is 6.42 Å². The van der Waals surface area contributed by atoms with Crippen LogP contribution in [0.15, 0.2) is 40.4 Å². The van der Waals surface area contributed by atoms with Gasteiger partial charge in [-0.25, -0.2) is 4.39 Å². The molecule has 0 spiro atoms. The number of benzene rings is 1. The topological polar surface area (TPSA) is 74.7 Å². The van der Waals surface area contributed by atoms with Crippen LogP contribution in [0, 0.1) is 11.7 Å². The molecule has 2 heterocycles. The smallest absolute Gasteiger partial charge is 0.326 e. The quantitative estimate of drug-likeness (QED) is 0.619. The first kappa shape index (κ1) is 21.6. The summed E-state index contributed by atoms with van der Waals surface area (Å²) in [5.74, 6) is 2.35. The Balaban J connectivity index is 1.39. The average molecular weight is 449 g/mol. The van der Waals surface area contributed by atoms with Crippen molar-refractivity contribution in [1.29, 1.82) is 0 Å². The highest BCUT2D eigenvalue weighted by Gasteiger charge is 2.28. The van der Waals surface area contributed by atoms with Gasteiger partial charge in [-0.15, -0.1) is 0 Å². The second-order valence-corrected chi connectivity index (χ2v) is 9.19. The number of anilines is 2. The lowest BCUT2D eigenvalue weighted by Crippen LogP contribution is -2.21. The number of nitrogens with one attached hydrogen (secondary N) is 2. The molecule has 0 unspecified atom stereocenters. The number of halogens is 1. The van der Waals surface area contributed by atoms with E-state index in [0.717, 1.165) is 36.5 Å². The minimum absolute atomic E-state index is 0.0786. The number of likely N-dealkylation sites (N-methyl/N-ethyl adjacent to an activating group) is 1. The number of hydrogen-bond donors (Lipinski definition) is 2. The fraction of sp³-hybridized carbons (Fsp3) is 0.400. The van der Waals surface area contributed by atoms with Crippen LogP contribution in [0.5, 0.6) is 11.8 Å². The minimum Gasteiger partial charge on any atom is -0.421 e. The summed E-state index contributed by atoms with van der Waals surface area (Å²) in [6.45, 7) is 4.28. The third-order valence-electron chi connectivity index (χ3n) is 5.98. The van der Waals surface area contributed by atoms with Crippen molar-refractivity contribution in [3.8, 4) is 11.8 Å². The van der Waals surface area contributed by atoms with Gasteiger partial charge in [0.25, 0.3) is 0 Å². The molecule has 0 amide bonds. The van der Waals surface area contributed by atoms with Crippen LogP contribution in [0.1, 0.15) is 30.9 Å². The van der Waals surface area contributed by atoms with Gasteiger partial charge < -0.3 is 20.3 Å². The van der Waals surface area contributed by atoms with Gasteiger partial charge in [0.05, 0.1) is 6.54 Å². The summed E-state index contributed by atoms with van der Waals surface area (Å²) in [7, 11) is 4.02. The van der Waals surface area contributed by atoms with Gasteiger partial charge in [-0.05, 0) is 69.5 Å². The number of nitrogens with zero attached hydrogens (tertiary/aromatic N) is 4. The SMILES string of the molecule is CC1=Cc2c(ccc(Oc3nc(NCCN(C)C)cc(NC4=NCC(C5CC5)=C4)n3)c2F)C1. The Hall–Kier alpha value is -3.26. The first-order valence-electron chi connectivity index (χ1n) is 11.4. The molecular formula is C25H29FN6O. The van der Waals surface area contributed by atoms with E-state index in [1.54, 1.807) is 6.07 Å². The highest BCUT2D eigenvalue weighted by atomic mass is 19.1. The van der Waals surface area contributed by atoms with Gasteiger partial charge in [0.15, 0.2) is 11.6 Å². The number of fused-ring (bicyclic) bond motifs is 1. The second-order valence-electron chi connectivity index (χ2n) is 9.19. The zero-order chi connectivity index (χ0) is 22.9. The molecule has 2 aromatic rings. The number of aromatic nitrogens is 2. The predicted molar refractivity (Wildman–Crippen MR) is 130 cm³/mol. The van der Waals surface area contributed by atoms with Crippen molar-refractivity contribution in [3.05, 3.63) is 52.4 Å². The van der Waals surface area contributed by atoms with Gasteiger partial charge >= 0.3 is 6.01 Å². The van der Waals surface area contributed by atoms with Crippen molar-refractivity contribution in [2.75, 3.05) is 44.4 Å². The first-order valence-corrected chi connectivity index (χ1v) is 11.4. The summed E-state index contributed by atoms with van der Waals surface area (Å²) < 4.78 is 20.9. The number of hydrogen-bond acceptors (Lipinski definition) is 7. The first-order chi connectivity index (χ1) is 15.9. The highest BCUT2D eigenvalue weighted by molar-refractivity contribution is 6.05. The van der Waals surface area contributed by atoms with E-state index < -0.39 is 0 Å². The van der Waals surface area contributed by atoms with Crippen molar-refractivity contribution in [3.63, 3.8) is 0 Å². The summed E-state index contributed by atoms with van der Waals surface area (Å²) in [6.07, 6.45) is 7.24. The second kappa shape index (κ2) is 8.94. The Morgan fingerprint density at radius 2 is 1.97 bits per heavy atom. The van der Waals surface area contributed by atoms with Crippen molar-refractivity contribution < 1.29 is 9.13 Å². The van der Waals surface area contributed by atoms with Crippen LogP contribution < -0.4 is 15.4 Å². The average Bonchev–Trinajstić information content (AvgIpc) is 3.39. The van der Waals surface area contributed by atoms with E-state index in [1.807, 2.05) is 39.2 Å². The monoisotopic (exact) mass is 448 g/mol. The fourth-order valence-electron chi connectivity index (χ4n) is 4.08. The molecule has 33 heavy (non-hydrogen) atoms. The normalized spacial score (nSPS) is 16.9. The van der Waals surface area contributed by atoms with Gasteiger partial charge in [0.2, 0.25) is 0 Å². The molecule has 2 aliphatic carbocycles. The van der Waals surface area contributed by atoms with Crippen molar-refractivity contribution in [2.24, 2.45) is 10.9 Å². The molecule has 2 N–H and O–H groups in total. The molecule has 172 valence electrons. The van der Waals surface area contributed by atoms with E-state index in [4.69, 9.17) is 4.74 Å². The standard InChI is InChI=1S/C25H29FN6O/c1-15-10-17-6-7-20(24(26)19(17)11-15)33-25-30-22(27-8-9-32(2)3)13-23(31-25)29-21-12-18(14-28-21)16-4-5-16/h6-7,11-13,16H,4-5,8-10,14H2,1-3H3,(H2,27,28,29,30,31). The maximum Gasteiger partial charge on any atom is 0.326 e. The Morgan fingerprint density at radius 3 is 2.76 bits per heavy atom. The number of allylic oxidation sites excluding steroid dienone is 1. The molecule has 1 saturated carbocycles. The van der Waals surface area contributed by atoms with Gasteiger partial charge in [0.1, 0.15) is 17.5 Å². The van der Waals surface area contributed by atoms with E-state index in [2.05, 4.69) is 36.6 Å². The molecule has 8 heteroatoms. The molecule has 1 fully saturated rings. The highest BCUT2D eigenvalue weighted by Crippen LogP contribution is 2.38. The van der Waals surface area contributed by atoms with Gasteiger partial charge in [-0.2, -0.15) is 9.97 Å². The molecule has 5 rings (SSSR count). The molecular weight excluding hydrogens is 419 g/mol. The summed E-state index contributed by atoms with van der Waals surface area (Å²) in [5.41, 5.74) is 4.06. The third-order valence-corrected chi connectivity index (χ3v) is 5.98. The lowest BCUT2D eigenvalue weighted by molar-refractivity contribution is 0.410. The predicted octanol–water partition coefficient (Wildman–Crippen LogP) is 4.50. The van der Waals surface area contributed by atoms with Crippen LogP contribution in [0.2, 0.25) is 0 Å². The largest absolute Gasteiger partial charge is 0.421 e. The van der Waals surface area contributed by atoms with E-state index in [1.165, 1.54) is 18.4 Å². The summed E-state index contributed by atoms with van der Waals surface area (Å²) in [6, 6.07) is 5.44. The van der Waals surface area contributed by atoms with E-state index in [0.29, 0.717) is 29.7 Å². The van der Waals surface area contributed by atoms with E-state index in [9.17, 15) is 0 Å². The van der Waals surface area contributed by atoms with Crippen molar-refractivity contribution in [1.82, 2.24) is 14.9 Å². The third kappa shape index (κ3) is 5.06. The van der Waals surface area contributed by atoms with Crippen LogP contribution >= 0.6 is 0 Å². The minimum atomic E-state index is -0.384. The molecule has 0 bridgehead atoms. The summed E-state index contributed by atoms with van der Waals surface area (Å²) in [4.78, 5) is 15.6. The summed E-state index contributed by atoms with van der Waals surface area (Å²) >= 11 is 0. The Morgan fingerprint density at radius 1 is 1.15 bits per heavy atom. The van der Waals surface area contributed by atoms with Gasteiger partial charge in [-0.3, -0.25) is 4.99 Å². The van der Waals surface area contributed by atoms with Crippen molar-refractivity contribution >= 4 is 23.5 Å². The maximum atomic E-state index is 15.1. The molecule has 7 nitrogen and oxygen atoms in total. The molecule has 0 radical (unpaired) electrons. The molecule has 1 aliphatic heterocycles. The van der Waals surface area contributed by atoms with Gasteiger partial charge in [0, 0.05) is 24.7 Å². The maximum absolute atomic E-state index is 15.1. The number of amidine groups is 1. The van der Waals surface area contributed by atoms with E-state index in [-0.39, 0.29) is 17.6 Å². The van der Waals surface area contributed by atoms with Crippen LogP contribution in [0.3, 0.4) is 0 Å². The molecule has 0 atom stereocenters. The molecule has 1 aromatic carbocycles. The number of ether oxygens (including phenoxy) is 1. The number of rotatable bonds is 8. The molecule has 1 aromatic heterocycles. The number of aliphatic imine (C=N–C) groups is 1. The lowest BCUT2D eigenvalue weighted by Gasteiger charge is -2.14. The van der Waals surface area contributed by atoms with Crippen LogP contribution in [0.4, 0.5) is 16.0 Å².